The second kappa shape index (κ2) is 9.99. The van der Waals surface area contributed by atoms with Crippen molar-refractivity contribution in [2.45, 2.75) is 0 Å². The summed E-state index contributed by atoms with van der Waals surface area (Å²) in [6.07, 6.45) is 1.89. The molecule has 0 rings (SSSR count). The van der Waals surface area contributed by atoms with Gasteiger partial charge < -0.3 is 15.0 Å². The van der Waals surface area contributed by atoms with Crippen LogP contribution in [-0.4, -0.2) is 51.8 Å². The molecule has 0 atom stereocenters. The van der Waals surface area contributed by atoms with Gasteiger partial charge in [-0.2, -0.15) is 0 Å². The molecule has 0 aromatic heterocycles. The van der Waals surface area contributed by atoms with Crippen molar-refractivity contribution in [2.75, 3.05) is 46.9 Å². The molecule has 4 heteroatoms. The first-order valence-electron chi connectivity index (χ1n) is 4.44. The van der Waals surface area contributed by atoms with Crippen LogP contribution in [0, 0.1) is 0 Å². The molecule has 0 saturated heterocycles. The van der Waals surface area contributed by atoms with E-state index < -0.39 is 0 Å². The number of likely N-dealkylation sites (N-methyl/N-ethyl adjacent to an activating group) is 1. The number of methoxy groups -OCH3 is 1. The van der Waals surface area contributed by atoms with E-state index in [0.29, 0.717) is 0 Å². The van der Waals surface area contributed by atoms with E-state index in [9.17, 15) is 0 Å². The molecule has 0 radical (unpaired) electrons. The highest BCUT2D eigenvalue weighted by atomic mass is 35.5. The Morgan fingerprint density at radius 2 is 2.23 bits per heavy atom. The van der Waals surface area contributed by atoms with E-state index in [1.165, 1.54) is 5.54 Å². The van der Waals surface area contributed by atoms with Gasteiger partial charge in [-0.15, -0.1) is 0 Å². The zero-order chi connectivity index (χ0) is 9.94. The molecule has 0 bridgehead atoms. The summed E-state index contributed by atoms with van der Waals surface area (Å²) in [5.74, 6) is 0. The van der Waals surface area contributed by atoms with Crippen molar-refractivity contribution in [3.8, 4) is 0 Å². The minimum atomic E-state index is 0.790. The summed E-state index contributed by atoms with van der Waals surface area (Å²) in [6.45, 7) is 4.60. The number of halogens is 1. The third-order valence-corrected chi connectivity index (χ3v) is 1.88. The van der Waals surface area contributed by atoms with Crippen molar-refractivity contribution < 1.29 is 4.74 Å². The third-order valence-electron chi connectivity index (χ3n) is 1.70. The third kappa shape index (κ3) is 9.83. The second-order valence-electron chi connectivity index (χ2n) is 2.86. The summed E-state index contributed by atoms with van der Waals surface area (Å²) in [5, 5.41) is 3.24. The Morgan fingerprint density at radius 3 is 2.85 bits per heavy atom. The van der Waals surface area contributed by atoms with Crippen LogP contribution >= 0.6 is 11.6 Å². The van der Waals surface area contributed by atoms with Gasteiger partial charge in [0.1, 0.15) is 0 Å². The minimum absolute atomic E-state index is 0.790. The topological polar surface area (TPSA) is 24.5 Å². The van der Waals surface area contributed by atoms with Crippen LogP contribution in [0.25, 0.3) is 0 Å². The van der Waals surface area contributed by atoms with Crippen molar-refractivity contribution in [3.63, 3.8) is 0 Å². The molecule has 0 saturated carbocycles. The van der Waals surface area contributed by atoms with E-state index in [2.05, 4.69) is 17.3 Å². The van der Waals surface area contributed by atoms with E-state index in [4.69, 9.17) is 16.3 Å². The Labute approximate surface area is 85.7 Å². The van der Waals surface area contributed by atoms with Gasteiger partial charge in [-0.25, -0.2) is 0 Å². The molecule has 0 amide bonds. The predicted octanol–water partition coefficient (Wildman–Crippen LogP) is 0.907. The van der Waals surface area contributed by atoms with Crippen molar-refractivity contribution in [1.29, 1.82) is 0 Å². The zero-order valence-electron chi connectivity index (χ0n) is 8.42. The number of ether oxygens (including phenoxy) is 1. The van der Waals surface area contributed by atoms with E-state index in [0.717, 1.165) is 32.8 Å². The molecule has 0 aromatic carbocycles. The Morgan fingerprint density at radius 1 is 1.46 bits per heavy atom. The predicted molar refractivity (Wildman–Crippen MR) is 57.2 cm³/mol. The standard InChI is InChI=1S/C9H19ClN2O/c1-12(8-9-13-2)7-6-11-5-3-4-10/h3-4,11H,5-9H2,1-2H3/b4-3+. The summed E-state index contributed by atoms with van der Waals surface area (Å²) in [5.41, 5.74) is 1.53. The molecule has 0 aliphatic heterocycles. The van der Waals surface area contributed by atoms with Gasteiger partial charge in [0, 0.05) is 38.8 Å². The maximum atomic E-state index is 5.36. The van der Waals surface area contributed by atoms with Crippen LogP contribution in [0.4, 0.5) is 0 Å². The van der Waals surface area contributed by atoms with E-state index in [1.807, 2.05) is 6.08 Å². The van der Waals surface area contributed by atoms with Crippen LogP contribution in [0.15, 0.2) is 11.6 Å². The highest BCUT2D eigenvalue weighted by Crippen LogP contribution is 1.81. The lowest BCUT2D eigenvalue weighted by Crippen LogP contribution is -2.31. The Bertz CT molecular complexity index is 131. The van der Waals surface area contributed by atoms with Crippen LogP contribution in [0.5, 0.6) is 0 Å². The van der Waals surface area contributed by atoms with Crippen molar-refractivity contribution in [1.82, 2.24) is 10.2 Å². The minimum Gasteiger partial charge on any atom is -0.383 e. The van der Waals surface area contributed by atoms with Crippen molar-refractivity contribution in [2.24, 2.45) is 0 Å². The van der Waals surface area contributed by atoms with Gasteiger partial charge in [-0.1, -0.05) is 17.7 Å². The van der Waals surface area contributed by atoms with E-state index in [1.54, 1.807) is 7.11 Å². The molecule has 0 aliphatic rings. The van der Waals surface area contributed by atoms with E-state index >= 15 is 0 Å². The molecule has 0 aliphatic carbocycles. The number of hydrogen-bond acceptors (Lipinski definition) is 3. The summed E-state index contributed by atoms with van der Waals surface area (Å²) in [6, 6.07) is 0. The summed E-state index contributed by atoms with van der Waals surface area (Å²) in [7, 11) is 3.80. The molecule has 0 heterocycles. The normalized spacial score (nSPS) is 11.7. The van der Waals surface area contributed by atoms with Gasteiger partial charge in [-0.3, -0.25) is 0 Å². The van der Waals surface area contributed by atoms with Gasteiger partial charge in [0.15, 0.2) is 0 Å². The number of nitrogens with zero attached hydrogens (tertiary/aromatic N) is 1. The van der Waals surface area contributed by atoms with Gasteiger partial charge >= 0.3 is 0 Å². The molecule has 0 unspecified atom stereocenters. The lowest BCUT2D eigenvalue weighted by molar-refractivity contribution is 0.161. The lowest BCUT2D eigenvalue weighted by atomic mass is 10.5. The first kappa shape index (κ1) is 12.9. The molecule has 1 N–H and O–H groups in total. The molecular formula is C9H19ClN2O. The fourth-order valence-corrected chi connectivity index (χ4v) is 0.948. The molecule has 0 fully saturated rings. The van der Waals surface area contributed by atoms with Crippen molar-refractivity contribution in [3.05, 3.63) is 11.6 Å². The number of hydrogen-bond donors (Lipinski definition) is 1. The number of nitrogens with one attached hydrogen (secondary N) is 1. The first-order valence-corrected chi connectivity index (χ1v) is 4.88. The monoisotopic (exact) mass is 206 g/mol. The van der Waals surface area contributed by atoms with Crippen LogP contribution < -0.4 is 5.32 Å². The summed E-state index contributed by atoms with van der Waals surface area (Å²) >= 11 is 5.36. The van der Waals surface area contributed by atoms with Gasteiger partial charge in [0.05, 0.1) is 6.61 Å². The Hall–Kier alpha value is -0.0900. The quantitative estimate of drug-likeness (QED) is 0.598. The average Bonchev–Trinajstić information content (AvgIpc) is 2.14. The Kier molecular flexibility index (Phi) is 9.92. The largest absolute Gasteiger partial charge is 0.383 e. The van der Waals surface area contributed by atoms with Gasteiger partial charge in [0.2, 0.25) is 0 Å². The molecule has 0 aromatic rings. The summed E-state index contributed by atoms with van der Waals surface area (Å²) < 4.78 is 4.97. The average molecular weight is 207 g/mol. The van der Waals surface area contributed by atoms with Crippen LogP contribution in [0.2, 0.25) is 0 Å². The molecular weight excluding hydrogens is 188 g/mol. The first-order chi connectivity index (χ1) is 6.31. The maximum absolute atomic E-state index is 5.36. The fraction of sp³-hybridized carbons (Fsp3) is 0.778. The molecule has 0 spiro atoms. The van der Waals surface area contributed by atoms with Crippen molar-refractivity contribution >= 4 is 11.6 Å². The molecule has 3 nitrogen and oxygen atoms in total. The van der Waals surface area contributed by atoms with Crippen LogP contribution in [0.3, 0.4) is 0 Å². The number of rotatable bonds is 8. The van der Waals surface area contributed by atoms with E-state index in [-0.39, 0.29) is 0 Å². The SMILES string of the molecule is COCCN(C)CCNC/C=C/Cl. The highest BCUT2D eigenvalue weighted by Gasteiger charge is 1.95. The second-order valence-corrected chi connectivity index (χ2v) is 3.11. The zero-order valence-corrected chi connectivity index (χ0v) is 9.18. The highest BCUT2D eigenvalue weighted by molar-refractivity contribution is 6.25. The fourth-order valence-electron chi connectivity index (χ4n) is 0.859. The van der Waals surface area contributed by atoms with Gasteiger partial charge in [0.25, 0.3) is 0 Å². The van der Waals surface area contributed by atoms with Crippen LogP contribution in [-0.2, 0) is 4.74 Å². The smallest absolute Gasteiger partial charge is 0.0589 e. The lowest BCUT2D eigenvalue weighted by Gasteiger charge is -2.15. The molecule has 13 heavy (non-hydrogen) atoms. The summed E-state index contributed by atoms with van der Waals surface area (Å²) in [4.78, 5) is 2.22. The molecule has 78 valence electrons. The Balaban J connectivity index is 3.11. The van der Waals surface area contributed by atoms with Crippen LogP contribution in [0.1, 0.15) is 0 Å². The van der Waals surface area contributed by atoms with Gasteiger partial charge in [-0.05, 0) is 7.05 Å². The maximum Gasteiger partial charge on any atom is 0.0589 e.